The number of carbonyl (C=O) groups is 2. The van der Waals surface area contributed by atoms with Gasteiger partial charge in [-0.2, -0.15) is 10.4 Å². The van der Waals surface area contributed by atoms with E-state index < -0.39 is 16.7 Å². The van der Waals surface area contributed by atoms with Crippen LogP contribution in [0.3, 0.4) is 0 Å². The minimum absolute atomic E-state index is 0.00687. The number of nitrogens with zero attached hydrogens (tertiary/aromatic N) is 4. The molecule has 31 heavy (non-hydrogen) atoms. The number of hydrogen-bond acceptors (Lipinski definition) is 8. The Balaban J connectivity index is 1.92. The molecule has 1 heterocycles. The first kappa shape index (κ1) is 21.2. The summed E-state index contributed by atoms with van der Waals surface area (Å²) >= 11 is 0. The molecule has 10 nitrogen and oxygen atoms in total. The van der Waals surface area contributed by atoms with E-state index in [0.29, 0.717) is 5.75 Å². The molecule has 0 saturated carbocycles. The number of nitro benzene ring substituents is 1. The Morgan fingerprint density at radius 3 is 2.35 bits per heavy atom. The van der Waals surface area contributed by atoms with Crippen molar-refractivity contribution < 1.29 is 19.2 Å². The van der Waals surface area contributed by atoms with E-state index in [0.717, 1.165) is 10.5 Å². The number of anilines is 1. The summed E-state index contributed by atoms with van der Waals surface area (Å²) in [5.74, 6) is -0.690. The zero-order valence-electron chi connectivity index (χ0n) is 16.9. The summed E-state index contributed by atoms with van der Waals surface area (Å²) < 4.78 is 5.65. The third-order valence-corrected chi connectivity index (χ3v) is 4.58. The summed E-state index contributed by atoms with van der Waals surface area (Å²) in [6.07, 6.45) is 0. The van der Waals surface area contributed by atoms with Crippen LogP contribution in [0.4, 0.5) is 11.4 Å². The highest BCUT2D eigenvalue weighted by Gasteiger charge is 2.34. The van der Waals surface area contributed by atoms with Gasteiger partial charge in [-0.3, -0.25) is 30.0 Å². The molecule has 0 atom stereocenters. The first-order chi connectivity index (χ1) is 14.7. The van der Waals surface area contributed by atoms with Gasteiger partial charge < -0.3 is 4.74 Å². The van der Waals surface area contributed by atoms with Gasteiger partial charge in [0.15, 0.2) is 5.71 Å². The van der Waals surface area contributed by atoms with E-state index in [-0.39, 0.29) is 34.0 Å². The van der Waals surface area contributed by atoms with E-state index in [1.807, 2.05) is 19.1 Å². The molecule has 0 radical (unpaired) electrons. The number of ether oxygens (including phenoxy) is 1. The van der Waals surface area contributed by atoms with Gasteiger partial charge in [-0.1, -0.05) is 17.7 Å². The molecule has 2 aromatic carbocycles. The van der Waals surface area contributed by atoms with E-state index >= 15 is 0 Å². The van der Waals surface area contributed by atoms with E-state index in [1.165, 1.54) is 32.2 Å². The molecule has 2 amide bonds. The third-order valence-electron chi connectivity index (χ3n) is 4.58. The van der Waals surface area contributed by atoms with Crippen molar-refractivity contribution in [2.75, 3.05) is 12.5 Å². The van der Waals surface area contributed by atoms with Crippen molar-refractivity contribution >= 4 is 28.9 Å². The van der Waals surface area contributed by atoms with Crippen LogP contribution < -0.4 is 10.2 Å². The van der Waals surface area contributed by atoms with Crippen LogP contribution in [-0.4, -0.2) is 34.4 Å². The summed E-state index contributed by atoms with van der Waals surface area (Å²) in [5, 5.41) is 24.6. The molecule has 0 unspecified atom stereocenters. The average molecular weight is 419 g/mol. The molecule has 1 aliphatic heterocycles. The number of nitrogens with one attached hydrogen (secondary N) is 1. The van der Waals surface area contributed by atoms with Gasteiger partial charge in [0.1, 0.15) is 28.8 Å². The Kier molecular flexibility index (Phi) is 5.79. The smallest absolute Gasteiger partial charge is 0.297 e. The molecule has 10 heteroatoms. The number of imide groups is 1. The van der Waals surface area contributed by atoms with Crippen LogP contribution in [0.15, 0.2) is 58.7 Å². The highest BCUT2D eigenvalue weighted by Crippen LogP contribution is 2.32. The van der Waals surface area contributed by atoms with Gasteiger partial charge in [0, 0.05) is 12.6 Å². The van der Waals surface area contributed by atoms with Crippen molar-refractivity contribution in [1.82, 2.24) is 4.90 Å². The quantitative estimate of drug-likeness (QED) is 0.446. The fourth-order valence-corrected chi connectivity index (χ4v) is 2.80. The molecule has 0 spiro atoms. The van der Waals surface area contributed by atoms with Crippen molar-refractivity contribution in [2.24, 2.45) is 5.10 Å². The molecular formula is C21H17N5O5. The molecule has 2 aromatic rings. The fraction of sp³-hybridized carbons (Fsp3) is 0.143. The molecule has 0 bridgehead atoms. The molecule has 156 valence electrons. The lowest BCUT2D eigenvalue weighted by molar-refractivity contribution is -0.384. The highest BCUT2D eigenvalue weighted by molar-refractivity contribution is 6.50. The zero-order valence-corrected chi connectivity index (χ0v) is 16.9. The van der Waals surface area contributed by atoms with Crippen LogP contribution >= 0.6 is 0 Å². The van der Waals surface area contributed by atoms with Crippen LogP contribution in [-0.2, 0) is 9.59 Å². The normalized spacial score (nSPS) is 15.2. The molecule has 1 N–H and O–H groups in total. The summed E-state index contributed by atoms with van der Waals surface area (Å²) in [6, 6.07) is 13.1. The molecule has 0 saturated heterocycles. The number of nitriles is 1. The molecular weight excluding hydrogens is 402 g/mol. The number of likely N-dealkylation sites (N-methyl/N-ethyl adjacent to an activating group) is 1. The Labute approximate surface area is 177 Å². The molecule has 1 aliphatic rings. The number of hydrogen-bond donors (Lipinski definition) is 1. The number of aryl methyl sites for hydroxylation is 1. The highest BCUT2D eigenvalue weighted by atomic mass is 16.6. The first-order valence-electron chi connectivity index (χ1n) is 9.03. The van der Waals surface area contributed by atoms with E-state index in [2.05, 4.69) is 10.5 Å². The van der Waals surface area contributed by atoms with Crippen LogP contribution in [0.2, 0.25) is 0 Å². The van der Waals surface area contributed by atoms with Gasteiger partial charge in [-0.25, -0.2) is 0 Å². The van der Waals surface area contributed by atoms with Gasteiger partial charge in [0.05, 0.1) is 11.0 Å². The number of amides is 2. The number of nitro groups is 1. The second-order valence-electron chi connectivity index (χ2n) is 6.70. The predicted molar refractivity (Wildman–Crippen MR) is 111 cm³/mol. The summed E-state index contributed by atoms with van der Waals surface area (Å²) in [7, 11) is 1.23. The number of carbonyl (C=O) groups excluding carboxylic acids is 2. The third kappa shape index (κ3) is 4.25. The van der Waals surface area contributed by atoms with Gasteiger partial charge >= 0.3 is 0 Å². The number of hydrazone groups is 1. The van der Waals surface area contributed by atoms with Crippen molar-refractivity contribution in [1.29, 1.82) is 5.26 Å². The molecule has 0 aromatic heterocycles. The van der Waals surface area contributed by atoms with E-state index in [9.17, 15) is 25.0 Å². The van der Waals surface area contributed by atoms with E-state index in [1.54, 1.807) is 18.2 Å². The summed E-state index contributed by atoms with van der Waals surface area (Å²) in [4.78, 5) is 36.0. The summed E-state index contributed by atoms with van der Waals surface area (Å²) in [6.45, 7) is 3.34. The minimum atomic E-state index is -0.729. The zero-order chi connectivity index (χ0) is 22.7. The Hall–Kier alpha value is -4.52. The maximum atomic E-state index is 12.4. The maximum absolute atomic E-state index is 12.4. The fourth-order valence-electron chi connectivity index (χ4n) is 2.80. The molecule has 3 rings (SSSR count). The second kappa shape index (κ2) is 8.46. The topological polar surface area (TPSA) is 138 Å². The standard InChI is InChI=1S/C21H17N5O5/c1-12-4-6-14(7-5-12)31-15-8-9-17(18(10-15)26(29)30)23-24-19-13(2)16(11-22)20(27)25(3)21(19)28/h4-10,23H,1-3H3/b24-19-. The largest absolute Gasteiger partial charge is 0.457 e. The number of benzene rings is 2. The summed E-state index contributed by atoms with van der Waals surface area (Å²) in [5.41, 5.74) is 2.89. The van der Waals surface area contributed by atoms with Crippen LogP contribution in [0, 0.1) is 28.4 Å². The SMILES string of the molecule is CC1=C(C#N)C(=O)N(C)C(=O)/C1=N\Nc1ccc(Oc2ccc(C)cc2)cc1[N+](=O)[O-]. The number of rotatable bonds is 5. The minimum Gasteiger partial charge on any atom is -0.457 e. The lowest BCUT2D eigenvalue weighted by atomic mass is 10.00. The maximum Gasteiger partial charge on any atom is 0.297 e. The Morgan fingerprint density at radius 1 is 1.10 bits per heavy atom. The van der Waals surface area contributed by atoms with Gasteiger partial charge in [0.2, 0.25) is 0 Å². The predicted octanol–water partition coefficient (Wildman–Crippen LogP) is 3.30. The van der Waals surface area contributed by atoms with E-state index in [4.69, 9.17) is 4.74 Å². The van der Waals surface area contributed by atoms with Crippen molar-refractivity contribution in [3.05, 3.63) is 69.3 Å². The lowest BCUT2D eigenvalue weighted by Crippen LogP contribution is -2.44. The molecule has 0 aliphatic carbocycles. The Morgan fingerprint density at radius 2 is 1.74 bits per heavy atom. The molecule has 0 fully saturated rings. The van der Waals surface area contributed by atoms with Gasteiger partial charge in [0.25, 0.3) is 17.5 Å². The average Bonchev–Trinajstić information content (AvgIpc) is 2.75. The van der Waals surface area contributed by atoms with Gasteiger partial charge in [-0.05, 0) is 38.1 Å². The second-order valence-corrected chi connectivity index (χ2v) is 6.70. The lowest BCUT2D eigenvalue weighted by Gasteiger charge is -2.22. The first-order valence-corrected chi connectivity index (χ1v) is 9.03. The van der Waals surface area contributed by atoms with Crippen LogP contribution in [0.1, 0.15) is 12.5 Å². The van der Waals surface area contributed by atoms with Crippen molar-refractivity contribution in [2.45, 2.75) is 13.8 Å². The monoisotopic (exact) mass is 419 g/mol. The van der Waals surface area contributed by atoms with Gasteiger partial charge in [-0.15, -0.1) is 0 Å². The van der Waals surface area contributed by atoms with Crippen LogP contribution in [0.5, 0.6) is 11.5 Å². The van der Waals surface area contributed by atoms with Crippen molar-refractivity contribution in [3.8, 4) is 17.6 Å². The van der Waals surface area contributed by atoms with Crippen molar-refractivity contribution in [3.63, 3.8) is 0 Å². The Bertz CT molecular complexity index is 1190. The van der Waals surface area contributed by atoms with Crippen LogP contribution in [0.25, 0.3) is 0 Å².